The van der Waals surface area contributed by atoms with Crippen molar-refractivity contribution in [1.29, 1.82) is 0 Å². The van der Waals surface area contributed by atoms with Gasteiger partial charge in [-0.3, -0.25) is 4.79 Å². The van der Waals surface area contributed by atoms with E-state index in [1.54, 1.807) is 11.9 Å². The van der Waals surface area contributed by atoms with Crippen LogP contribution in [0.3, 0.4) is 0 Å². The summed E-state index contributed by atoms with van der Waals surface area (Å²) in [4.78, 5) is 13.6. The summed E-state index contributed by atoms with van der Waals surface area (Å²) in [5, 5.41) is 9.15. The van der Waals surface area contributed by atoms with Crippen molar-refractivity contribution < 1.29 is 9.90 Å². The highest BCUT2D eigenvalue weighted by Gasteiger charge is 2.51. The number of rotatable bonds is 4. The first-order valence-electron chi connectivity index (χ1n) is 4.99. The van der Waals surface area contributed by atoms with Crippen molar-refractivity contribution in [2.24, 2.45) is 11.1 Å². The Balaban J connectivity index is 2.70. The van der Waals surface area contributed by atoms with E-state index in [1.165, 1.54) is 0 Å². The van der Waals surface area contributed by atoms with E-state index in [0.29, 0.717) is 6.54 Å². The Hall–Kier alpha value is -0.610. The maximum atomic E-state index is 12.0. The van der Waals surface area contributed by atoms with Crippen molar-refractivity contribution >= 4 is 5.91 Å². The van der Waals surface area contributed by atoms with E-state index in [2.05, 4.69) is 0 Å². The average molecular weight is 200 g/mol. The SMILES string of the molecule is CN(C(=O)C1(CN)CC1)C(C)(C)CO. The van der Waals surface area contributed by atoms with Crippen LogP contribution in [0.1, 0.15) is 26.7 Å². The Morgan fingerprint density at radius 1 is 1.57 bits per heavy atom. The van der Waals surface area contributed by atoms with E-state index in [9.17, 15) is 4.79 Å². The van der Waals surface area contributed by atoms with Crippen LogP contribution >= 0.6 is 0 Å². The first-order valence-corrected chi connectivity index (χ1v) is 4.99. The van der Waals surface area contributed by atoms with Crippen molar-refractivity contribution in [2.75, 3.05) is 20.2 Å². The lowest BCUT2D eigenvalue weighted by Gasteiger charge is -2.36. The number of hydrogen-bond donors (Lipinski definition) is 2. The van der Waals surface area contributed by atoms with Gasteiger partial charge >= 0.3 is 0 Å². The molecular weight excluding hydrogens is 180 g/mol. The molecule has 1 aliphatic carbocycles. The molecule has 0 aliphatic heterocycles. The quantitative estimate of drug-likeness (QED) is 0.669. The number of nitrogens with two attached hydrogens (primary N) is 1. The summed E-state index contributed by atoms with van der Waals surface area (Å²) in [5.74, 6) is 0.0686. The molecule has 1 fully saturated rings. The zero-order valence-electron chi connectivity index (χ0n) is 9.21. The van der Waals surface area contributed by atoms with E-state index >= 15 is 0 Å². The third kappa shape index (κ3) is 1.77. The number of carbonyl (C=O) groups excluding carboxylic acids is 1. The summed E-state index contributed by atoms with van der Waals surface area (Å²) in [6.07, 6.45) is 1.77. The Labute approximate surface area is 85.1 Å². The zero-order chi connectivity index (χ0) is 11.0. The lowest BCUT2D eigenvalue weighted by Crippen LogP contribution is -2.51. The van der Waals surface area contributed by atoms with Crippen molar-refractivity contribution in [1.82, 2.24) is 4.90 Å². The van der Waals surface area contributed by atoms with Gasteiger partial charge < -0.3 is 15.7 Å². The summed E-state index contributed by atoms with van der Waals surface area (Å²) in [5.41, 5.74) is 4.77. The Morgan fingerprint density at radius 3 is 2.36 bits per heavy atom. The lowest BCUT2D eigenvalue weighted by atomic mass is 9.99. The summed E-state index contributed by atoms with van der Waals surface area (Å²) >= 11 is 0. The number of carbonyl (C=O) groups is 1. The van der Waals surface area contributed by atoms with Crippen LogP contribution in [0.5, 0.6) is 0 Å². The first-order chi connectivity index (χ1) is 6.39. The number of nitrogens with zero attached hydrogens (tertiary/aromatic N) is 1. The molecule has 1 amide bonds. The van der Waals surface area contributed by atoms with Gasteiger partial charge in [0.15, 0.2) is 0 Å². The molecular formula is C10H20N2O2. The molecule has 0 spiro atoms. The number of hydrogen-bond acceptors (Lipinski definition) is 3. The van der Waals surface area contributed by atoms with Crippen LogP contribution in [0, 0.1) is 5.41 Å². The summed E-state index contributed by atoms with van der Waals surface area (Å²) in [7, 11) is 1.73. The molecule has 0 atom stereocenters. The summed E-state index contributed by atoms with van der Waals surface area (Å²) in [6, 6.07) is 0. The van der Waals surface area contributed by atoms with Crippen LogP contribution in [-0.2, 0) is 4.79 Å². The molecule has 1 rings (SSSR count). The third-order valence-electron chi connectivity index (χ3n) is 3.30. The van der Waals surface area contributed by atoms with E-state index in [4.69, 9.17) is 10.8 Å². The van der Waals surface area contributed by atoms with Gasteiger partial charge in [-0.15, -0.1) is 0 Å². The maximum absolute atomic E-state index is 12.0. The normalized spacial score (nSPS) is 19.2. The molecule has 1 aliphatic rings. The number of aliphatic hydroxyl groups excluding tert-OH is 1. The van der Waals surface area contributed by atoms with Gasteiger partial charge in [0.25, 0.3) is 0 Å². The van der Waals surface area contributed by atoms with Gasteiger partial charge in [-0.05, 0) is 26.7 Å². The minimum absolute atomic E-state index is 0.0319. The molecule has 82 valence electrons. The fraction of sp³-hybridized carbons (Fsp3) is 0.900. The molecule has 0 heterocycles. The monoisotopic (exact) mass is 200 g/mol. The second kappa shape index (κ2) is 3.51. The zero-order valence-corrected chi connectivity index (χ0v) is 9.21. The van der Waals surface area contributed by atoms with Crippen LogP contribution in [0.2, 0.25) is 0 Å². The summed E-state index contributed by atoms with van der Waals surface area (Å²) < 4.78 is 0. The van der Waals surface area contributed by atoms with E-state index < -0.39 is 5.54 Å². The fourth-order valence-electron chi connectivity index (χ4n) is 1.39. The topological polar surface area (TPSA) is 66.6 Å². The van der Waals surface area contributed by atoms with Gasteiger partial charge in [-0.1, -0.05) is 0 Å². The second-order valence-corrected chi connectivity index (χ2v) is 4.82. The minimum atomic E-state index is -0.498. The molecule has 0 aromatic carbocycles. The van der Waals surface area contributed by atoms with Crippen molar-refractivity contribution in [3.8, 4) is 0 Å². The minimum Gasteiger partial charge on any atom is -0.394 e. The molecule has 0 saturated heterocycles. The predicted molar refractivity (Wildman–Crippen MR) is 54.7 cm³/mol. The molecule has 0 aromatic rings. The molecule has 14 heavy (non-hydrogen) atoms. The lowest BCUT2D eigenvalue weighted by molar-refractivity contribution is -0.141. The highest BCUT2D eigenvalue weighted by atomic mass is 16.3. The predicted octanol–water partition coefficient (Wildman–Crippen LogP) is -0.0454. The maximum Gasteiger partial charge on any atom is 0.230 e. The molecule has 0 radical (unpaired) electrons. The van der Waals surface area contributed by atoms with E-state index in [-0.39, 0.29) is 17.9 Å². The Morgan fingerprint density at radius 2 is 2.07 bits per heavy atom. The third-order valence-corrected chi connectivity index (χ3v) is 3.30. The van der Waals surface area contributed by atoms with Gasteiger partial charge in [0, 0.05) is 13.6 Å². The molecule has 4 heteroatoms. The first kappa shape index (κ1) is 11.5. The van der Waals surface area contributed by atoms with Crippen molar-refractivity contribution in [2.45, 2.75) is 32.2 Å². The fourth-order valence-corrected chi connectivity index (χ4v) is 1.39. The van der Waals surface area contributed by atoms with Gasteiger partial charge in [0.05, 0.1) is 17.6 Å². The molecule has 3 N–H and O–H groups in total. The highest BCUT2D eigenvalue weighted by Crippen LogP contribution is 2.46. The van der Waals surface area contributed by atoms with E-state index in [1.807, 2.05) is 13.8 Å². The number of likely N-dealkylation sites (N-methyl/N-ethyl adjacent to an activating group) is 1. The number of aliphatic hydroxyl groups is 1. The van der Waals surface area contributed by atoms with E-state index in [0.717, 1.165) is 12.8 Å². The van der Waals surface area contributed by atoms with Gasteiger partial charge in [-0.25, -0.2) is 0 Å². The van der Waals surface area contributed by atoms with Crippen molar-refractivity contribution in [3.05, 3.63) is 0 Å². The van der Waals surface area contributed by atoms with Crippen LogP contribution in [0.25, 0.3) is 0 Å². The average Bonchev–Trinajstić information content (AvgIpc) is 2.96. The highest BCUT2D eigenvalue weighted by molar-refractivity contribution is 5.86. The molecule has 4 nitrogen and oxygen atoms in total. The van der Waals surface area contributed by atoms with Gasteiger partial charge in [-0.2, -0.15) is 0 Å². The smallest absolute Gasteiger partial charge is 0.230 e. The number of amides is 1. The van der Waals surface area contributed by atoms with Crippen molar-refractivity contribution in [3.63, 3.8) is 0 Å². The molecule has 0 unspecified atom stereocenters. The van der Waals surface area contributed by atoms with Gasteiger partial charge in [0.1, 0.15) is 0 Å². The molecule has 1 saturated carbocycles. The second-order valence-electron chi connectivity index (χ2n) is 4.82. The van der Waals surface area contributed by atoms with Gasteiger partial charge in [0.2, 0.25) is 5.91 Å². The van der Waals surface area contributed by atoms with Crippen LogP contribution in [0.4, 0.5) is 0 Å². The molecule has 0 bridgehead atoms. The van der Waals surface area contributed by atoms with Crippen LogP contribution in [-0.4, -0.2) is 41.7 Å². The molecule has 0 aromatic heterocycles. The Bertz CT molecular complexity index is 234. The van der Waals surface area contributed by atoms with Crippen LogP contribution in [0.15, 0.2) is 0 Å². The van der Waals surface area contributed by atoms with Crippen LogP contribution < -0.4 is 5.73 Å². The Kier molecular flexibility index (Phi) is 2.88. The largest absolute Gasteiger partial charge is 0.394 e. The summed E-state index contributed by atoms with van der Waals surface area (Å²) in [6.45, 7) is 4.07. The standard InChI is InChI=1S/C10H20N2O2/c1-9(2,7-13)12(3)8(14)10(6-11)4-5-10/h13H,4-7,11H2,1-3H3.